The van der Waals surface area contributed by atoms with E-state index < -0.39 is 26.4 Å². The van der Waals surface area contributed by atoms with Crippen LogP contribution in [0.3, 0.4) is 0 Å². The molecule has 0 unspecified atom stereocenters. The van der Waals surface area contributed by atoms with Gasteiger partial charge in [-0.05, 0) is 25.0 Å². The predicted octanol–water partition coefficient (Wildman–Crippen LogP) is 0.446. The van der Waals surface area contributed by atoms with Gasteiger partial charge in [-0.1, -0.05) is 0 Å². The second kappa shape index (κ2) is 5.35. The molecule has 0 bridgehead atoms. The smallest absolute Gasteiger partial charge is 0.312 e. The lowest BCUT2D eigenvalue weighted by Crippen LogP contribution is -2.35. The van der Waals surface area contributed by atoms with Crippen molar-refractivity contribution in [3.8, 4) is 5.75 Å². The van der Waals surface area contributed by atoms with Crippen LogP contribution in [0.15, 0.2) is 23.1 Å². The van der Waals surface area contributed by atoms with E-state index in [0.29, 0.717) is 12.8 Å². The van der Waals surface area contributed by atoms with E-state index in [4.69, 9.17) is 5.11 Å². The third-order valence-electron chi connectivity index (χ3n) is 3.02. The van der Waals surface area contributed by atoms with Crippen LogP contribution in [-0.4, -0.2) is 47.1 Å². The van der Waals surface area contributed by atoms with Crippen LogP contribution in [0, 0.1) is 10.1 Å². The van der Waals surface area contributed by atoms with Gasteiger partial charge in [0.2, 0.25) is 10.0 Å². The molecule has 110 valence electrons. The molecule has 0 aromatic heterocycles. The van der Waals surface area contributed by atoms with E-state index in [1.807, 2.05) is 0 Å². The lowest BCUT2D eigenvalue weighted by Gasteiger charge is -2.20. The van der Waals surface area contributed by atoms with E-state index in [0.717, 1.165) is 22.5 Å². The largest absolute Gasteiger partial charge is 0.502 e. The Morgan fingerprint density at radius 3 is 2.55 bits per heavy atom. The molecule has 2 N–H and O–H groups in total. The summed E-state index contributed by atoms with van der Waals surface area (Å²) < 4.78 is 25.9. The van der Waals surface area contributed by atoms with Gasteiger partial charge in [0, 0.05) is 18.7 Å². The number of phenols is 1. The number of hydrogen-bond donors (Lipinski definition) is 2. The van der Waals surface area contributed by atoms with Crippen molar-refractivity contribution in [2.24, 2.45) is 0 Å². The Balaban J connectivity index is 2.42. The Morgan fingerprint density at radius 1 is 1.40 bits per heavy atom. The summed E-state index contributed by atoms with van der Waals surface area (Å²) in [7, 11) is -3.91. The molecule has 1 aromatic rings. The van der Waals surface area contributed by atoms with Crippen LogP contribution in [0.1, 0.15) is 12.8 Å². The molecular weight excluding hydrogens is 288 g/mol. The summed E-state index contributed by atoms with van der Waals surface area (Å²) in [5.41, 5.74) is -0.661. The predicted molar refractivity (Wildman–Crippen MR) is 68.8 cm³/mol. The number of nitro benzene ring substituents is 1. The fourth-order valence-electron chi connectivity index (χ4n) is 1.91. The Bertz CT molecular complexity index is 626. The summed E-state index contributed by atoms with van der Waals surface area (Å²) in [6.07, 6.45) is 1.42. The van der Waals surface area contributed by atoms with Crippen LogP contribution in [-0.2, 0) is 10.0 Å². The highest BCUT2D eigenvalue weighted by Gasteiger charge is 2.38. The fourth-order valence-corrected chi connectivity index (χ4v) is 3.60. The third-order valence-corrected chi connectivity index (χ3v) is 4.97. The zero-order valence-corrected chi connectivity index (χ0v) is 11.3. The highest BCUT2D eigenvalue weighted by Crippen LogP contribution is 2.34. The summed E-state index contributed by atoms with van der Waals surface area (Å²) in [6.45, 7) is -0.377. The first-order valence-electron chi connectivity index (χ1n) is 5.98. The number of aliphatic hydroxyl groups excluding tert-OH is 1. The van der Waals surface area contributed by atoms with Crippen LogP contribution < -0.4 is 0 Å². The number of nitro groups is 1. The van der Waals surface area contributed by atoms with Crippen molar-refractivity contribution < 1.29 is 23.6 Å². The van der Waals surface area contributed by atoms with E-state index in [2.05, 4.69) is 0 Å². The molecule has 0 amide bonds. The molecule has 1 aromatic carbocycles. The monoisotopic (exact) mass is 302 g/mol. The number of aromatic hydroxyl groups is 1. The van der Waals surface area contributed by atoms with Crippen LogP contribution in [0.25, 0.3) is 0 Å². The maximum absolute atomic E-state index is 12.4. The number of phenolic OH excluding ortho intramolecular Hbond substituents is 1. The fraction of sp³-hybridized carbons (Fsp3) is 0.455. The molecule has 20 heavy (non-hydrogen) atoms. The van der Waals surface area contributed by atoms with E-state index in [-0.39, 0.29) is 24.1 Å². The number of aliphatic hydroxyl groups is 1. The highest BCUT2D eigenvalue weighted by molar-refractivity contribution is 7.89. The molecular formula is C11H14N2O6S. The summed E-state index contributed by atoms with van der Waals surface area (Å²) in [5, 5.41) is 29.0. The maximum Gasteiger partial charge on any atom is 0.312 e. The van der Waals surface area contributed by atoms with Gasteiger partial charge in [0.05, 0.1) is 16.4 Å². The summed E-state index contributed by atoms with van der Waals surface area (Å²) in [6, 6.07) is 2.76. The molecule has 0 heterocycles. The van der Waals surface area contributed by atoms with Gasteiger partial charge in [-0.15, -0.1) is 0 Å². The molecule has 0 saturated heterocycles. The zero-order chi connectivity index (χ0) is 14.9. The number of hydrogen-bond acceptors (Lipinski definition) is 6. The summed E-state index contributed by atoms with van der Waals surface area (Å²) >= 11 is 0. The zero-order valence-electron chi connectivity index (χ0n) is 10.5. The van der Waals surface area contributed by atoms with Gasteiger partial charge < -0.3 is 10.2 Å². The minimum absolute atomic E-state index is 0.0539. The standard InChI is InChI=1S/C11H14N2O6S/c14-6-5-12(8-1-2-8)20(18,19)9-3-4-11(15)10(7-9)13(16)17/h3-4,7-8,14-15H,1-2,5-6H2. The second-order valence-electron chi connectivity index (χ2n) is 4.48. The molecule has 1 saturated carbocycles. The van der Waals surface area contributed by atoms with Gasteiger partial charge in [-0.25, -0.2) is 8.42 Å². The quantitative estimate of drug-likeness (QED) is 0.581. The normalized spacial score (nSPS) is 15.5. The van der Waals surface area contributed by atoms with Gasteiger partial charge in [0.15, 0.2) is 5.75 Å². The van der Waals surface area contributed by atoms with Crippen LogP contribution in [0.5, 0.6) is 5.75 Å². The van der Waals surface area contributed by atoms with E-state index in [9.17, 15) is 23.6 Å². The average molecular weight is 302 g/mol. The molecule has 8 nitrogen and oxygen atoms in total. The number of sulfonamides is 1. The van der Waals surface area contributed by atoms with Crippen molar-refractivity contribution in [3.63, 3.8) is 0 Å². The van der Waals surface area contributed by atoms with Crippen molar-refractivity contribution in [1.29, 1.82) is 0 Å². The number of benzene rings is 1. The number of rotatable bonds is 6. The van der Waals surface area contributed by atoms with E-state index in [1.54, 1.807) is 0 Å². The Kier molecular flexibility index (Phi) is 3.93. The van der Waals surface area contributed by atoms with Gasteiger partial charge in [0.1, 0.15) is 0 Å². The Hall–Kier alpha value is -1.71. The minimum Gasteiger partial charge on any atom is -0.502 e. The molecule has 1 fully saturated rings. The Labute approximate surface area is 115 Å². The van der Waals surface area contributed by atoms with Gasteiger partial charge >= 0.3 is 5.69 Å². The molecule has 0 spiro atoms. The van der Waals surface area contributed by atoms with Crippen molar-refractivity contribution >= 4 is 15.7 Å². The van der Waals surface area contributed by atoms with Crippen molar-refractivity contribution in [1.82, 2.24) is 4.31 Å². The third kappa shape index (κ3) is 2.74. The van der Waals surface area contributed by atoms with Crippen molar-refractivity contribution in [3.05, 3.63) is 28.3 Å². The summed E-state index contributed by atoms with van der Waals surface area (Å²) in [5.74, 6) is -0.589. The van der Waals surface area contributed by atoms with Crippen LogP contribution in [0.2, 0.25) is 0 Å². The average Bonchev–Trinajstić information content (AvgIpc) is 3.19. The maximum atomic E-state index is 12.4. The topological polar surface area (TPSA) is 121 Å². The number of nitrogens with zero attached hydrogens (tertiary/aromatic N) is 2. The lowest BCUT2D eigenvalue weighted by atomic mass is 10.3. The second-order valence-corrected chi connectivity index (χ2v) is 6.37. The lowest BCUT2D eigenvalue weighted by molar-refractivity contribution is -0.386. The Morgan fingerprint density at radius 2 is 2.05 bits per heavy atom. The minimum atomic E-state index is -3.91. The molecule has 9 heteroatoms. The first-order chi connectivity index (χ1) is 9.37. The van der Waals surface area contributed by atoms with Crippen molar-refractivity contribution in [2.45, 2.75) is 23.8 Å². The molecule has 0 aliphatic heterocycles. The molecule has 2 rings (SSSR count). The van der Waals surface area contributed by atoms with Crippen LogP contribution >= 0.6 is 0 Å². The molecule has 0 radical (unpaired) electrons. The van der Waals surface area contributed by atoms with E-state index >= 15 is 0 Å². The highest BCUT2D eigenvalue weighted by atomic mass is 32.2. The van der Waals surface area contributed by atoms with Crippen LogP contribution in [0.4, 0.5) is 5.69 Å². The first-order valence-corrected chi connectivity index (χ1v) is 7.42. The molecule has 1 aliphatic carbocycles. The van der Waals surface area contributed by atoms with Gasteiger partial charge in [-0.2, -0.15) is 4.31 Å². The SMILES string of the molecule is O=[N+]([O-])c1cc(S(=O)(=O)N(CCO)C2CC2)ccc1O. The molecule has 0 atom stereocenters. The molecule has 1 aliphatic rings. The summed E-state index contributed by atoms with van der Waals surface area (Å²) in [4.78, 5) is 9.63. The van der Waals surface area contributed by atoms with Gasteiger partial charge in [0.25, 0.3) is 0 Å². The van der Waals surface area contributed by atoms with E-state index in [1.165, 1.54) is 0 Å². The van der Waals surface area contributed by atoms with Crippen molar-refractivity contribution in [2.75, 3.05) is 13.2 Å². The van der Waals surface area contributed by atoms with Gasteiger partial charge in [-0.3, -0.25) is 10.1 Å². The first kappa shape index (κ1) is 14.7.